The molecule has 0 aromatic heterocycles. The highest BCUT2D eigenvalue weighted by Crippen LogP contribution is 2.30. The Bertz CT molecular complexity index is 750. The minimum atomic E-state index is -0.232. The number of carbonyl (C=O) groups excluding carboxylic acids is 1. The Labute approximate surface area is 164 Å². The van der Waals surface area contributed by atoms with Crippen molar-refractivity contribution in [2.75, 3.05) is 25.6 Å². The molecule has 0 atom stereocenters. The van der Waals surface area contributed by atoms with E-state index in [-0.39, 0.29) is 5.97 Å². The van der Waals surface area contributed by atoms with E-state index in [1.54, 1.807) is 0 Å². The maximum atomic E-state index is 11.1. The van der Waals surface area contributed by atoms with Crippen LogP contribution in [-0.2, 0) is 9.53 Å². The van der Waals surface area contributed by atoms with Crippen molar-refractivity contribution in [2.24, 2.45) is 0 Å². The van der Waals surface area contributed by atoms with Crippen LogP contribution in [0.3, 0.4) is 0 Å². The van der Waals surface area contributed by atoms with Gasteiger partial charge in [-0.05, 0) is 62.0 Å². The zero-order valence-electron chi connectivity index (χ0n) is 15.5. The van der Waals surface area contributed by atoms with Gasteiger partial charge in [0.25, 0.3) is 0 Å². The summed E-state index contributed by atoms with van der Waals surface area (Å²) in [5.41, 5.74) is 0.747. The van der Waals surface area contributed by atoms with Crippen LogP contribution in [0.1, 0.15) is 19.8 Å². The summed E-state index contributed by atoms with van der Waals surface area (Å²) in [6.07, 6.45) is 0.988. The van der Waals surface area contributed by atoms with E-state index in [0.717, 1.165) is 11.4 Å². The molecular weight excluding hydrogens is 364 g/mol. The molecular formula is C20H24N2O4S. The summed E-state index contributed by atoms with van der Waals surface area (Å²) in [6, 6.07) is 15.0. The lowest BCUT2D eigenvalue weighted by molar-refractivity contribution is -0.140. The van der Waals surface area contributed by atoms with Crippen molar-refractivity contribution >= 4 is 29.0 Å². The lowest BCUT2D eigenvalue weighted by atomic mass is 10.3. The van der Waals surface area contributed by atoms with Gasteiger partial charge in [-0.3, -0.25) is 4.79 Å². The number of nitrogens with one attached hydrogen (secondary N) is 2. The van der Waals surface area contributed by atoms with Gasteiger partial charge in [0, 0.05) is 13.0 Å². The number of para-hydroxylation sites is 2. The van der Waals surface area contributed by atoms with E-state index in [2.05, 4.69) is 15.4 Å². The van der Waals surface area contributed by atoms with Gasteiger partial charge in [-0.1, -0.05) is 12.1 Å². The molecule has 0 aliphatic heterocycles. The summed E-state index contributed by atoms with van der Waals surface area (Å²) in [5.74, 6) is 1.92. The molecule has 0 saturated heterocycles. The largest absolute Gasteiger partial charge is 0.494 e. The molecule has 6 nitrogen and oxygen atoms in total. The minimum absolute atomic E-state index is 0.232. The SMILES string of the molecule is CCOc1ccc(Oc2ccccc2NC(=S)NCCCC(=O)OC)cc1. The van der Waals surface area contributed by atoms with E-state index < -0.39 is 0 Å². The summed E-state index contributed by atoms with van der Waals surface area (Å²) < 4.78 is 16.0. The van der Waals surface area contributed by atoms with Gasteiger partial charge in [-0.25, -0.2) is 0 Å². The molecule has 0 fully saturated rings. The zero-order valence-corrected chi connectivity index (χ0v) is 16.3. The average Bonchev–Trinajstić information content (AvgIpc) is 2.68. The lowest BCUT2D eigenvalue weighted by Crippen LogP contribution is -2.29. The monoisotopic (exact) mass is 388 g/mol. The first-order chi connectivity index (χ1) is 13.1. The fraction of sp³-hybridized carbons (Fsp3) is 0.300. The average molecular weight is 388 g/mol. The van der Waals surface area contributed by atoms with Gasteiger partial charge >= 0.3 is 5.97 Å². The van der Waals surface area contributed by atoms with Crippen molar-refractivity contribution in [3.05, 3.63) is 48.5 Å². The third-order valence-corrected chi connectivity index (χ3v) is 3.82. The van der Waals surface area contributed by atoms with Crippen LogP contribution in [0.2, 0.25) is 0 Å². The molecule has 7 heteroatoms. The maximum Gasteiger partial charge on any atom is 0.305 e. The Balaban J connectivity index is 1.90. The predicted molar refractivity (Wildman–Crippen MR) is 110 cm³/mol. The first-order valence-electron chi connectivity index (χ1n) is 8.73. The number of rotatable bonds is 9. The third kappa shape index (κ3) is 7.15. The number of esters is 1. The number of hydrogen-bond acceptors (Lipinski definition) is 5. The van der Waals surface area contributed by atoms with Crippen LogP contribution in [0.15, 0.2) is 48.5 Å². The van der Waals surface area contributed by atoms with Crippen molar-refractivity contribution in [1.29, 1.82) is 0 Å². The van der Waals surface area contributed by atoms with E-state index in [1.165, 1.54) is 7.11 Å². The fourth-order valence-electron chi connectivity index (χ4n) is 2.26. The number of hydrogen-bond donors (Lipinski definition) is 2. The predicted octanol–water partition coefficient (Wildman–Crippen LogP) is 4.12. The number of anilines is 1. The number of ether oxygens (including phenoxy) is 3. The van der Waals surface area contributed by atoms with Crippen molar-refractivity contribution in [1.82, 2.24) is 5.32 Å². The molecule has 0 amide bonds. The first kappa shape index (κ1) is 20.5. The summed E-state index contributed by atoms with van der Waals surface area (Å²) in [4.78, 5) is 11.1. The van der Waals surface area contributed by atoms with Crippen molar-refractivity contribution in [2.45, 2.75) is 19.8 Å². The molecule has 0 radical (unpaired) electrons. The summed E-state index contributed by atoms with van der Waals surface area (Å²) in [6.45, 7) is 3.14. The molecule has 27 heavy (non-hydrogen) atoms. The van der Waals surface area contributed by atoms with E-state index in [9.17, 15) is 4.79 Å². The van der Waals surface area contributed by atoms with E-state index in [4.69, 9.17) is 21.7 Å². The maximum absolute atomic E-state index is 11.1. The Kier molecular flexibility index (Phi) is 8.38. The van der Waals surface area contributed by atoms with Gasteiger partial charge in [0.05, 0.1) is 19.4 Å². The lowest BCUT2D eigenvalue weighted by Gasteiger charge is -2.15. The van der Waals surface area contributed by atoms with Crippen molar-refractivity contribution in [3.8, 4) is 17.2 Å². The van der Waals surface area contributed by atoms with Gasteiger partial charge in [-0.2, -0.15) is 0 Å². The number of carbonyl (C=O) groups is 1. The van der Waals surface area contributed by atoms with Gasteiger partial charge in [-0.15, -0.1) is 0 Å². The Hall–Kier alpha value is -2.80. The van der Waals surface area contributed by atoms with Gasteiger partial charge in [0.2, 0.25) is 0 Å². The van der Waals surface area contributed by atoms with Crippen LogP contribution < -0.4 is 20.1 Å². The Morgan fingerprint density at radius 2 is 1.78 bits per heavy atom. The first-order valence-corrected chi connectivity index (χ1v) is 9.14. The van der Waals surface area contributed by atoms with Crippen LogP contribution in [0.4, 0.5) is 5.69 Å². The number of methoxy groups -OCH3 is 1. The standard InChI is InChI=1S/C20H24N2O4S/c1-3-25-15-10-12-16(13-11-15)26-18-8-5-4-7-17(18)22-20(27)21-14-6-9-19(23)24-2/h4-5,7-8,10-13H,3,6,9,14H2,1-2H3,(H2,21,22,27). The van der Waals surface area contributed by atoms with Gasteiger partial charge < -0.3 is 24.8 Å². The second-order valence-corrected chi connectivity index (χ2v) is 5.97. The van der Waals surface area contributed by atoms with E-state index in [1.807, 2.05) is 55.5 Å². The normalized spacial score (nSPS) is 10.0. The van der Waals surface area contributed by atoms with Crippen LogP contribution in [0.5, 0.6) is 17.2 Å². The minimum Gasteiger partial charge on any atom is -0.494 e. The molecule has 2 N–H and O–H groups in total. The summed E-state index contributed by atoms with van der Waals surface area (Å²) >= 11 is 5.30. The summed E-state index contributed by atoms with van der Waals surface area (Å²) in [7, 11) is 1.38. The van der Waals surface area contributed by atoms with Crippen LogP contribution in [0, 0.1) is 0 Å². The molecule has 2 aromatic carbocycles. The third-order valence-electron chi connectivity index (χ3n) is 3.57. The van der Waals surface area contributed by atoms with Crippen LogP contribution in [0.25, 0.3) is 0 Å². The molecule has 0 saturated carbocycles. The second-order valence-electron chi connectivity index (χ2n) is 5.56. The van der Waals surface area contributed by atoms with Crippen molar-refractivity contribution in [3.63, 3.8) is 0 Å². The fourth-order valence-corrected chi connectivity index (χ4v) is 2.47. The molecule has 0 aliphatic carbocycles. The zero-order chi connectivity index (χ0) is 19.5. The van der Waals surface area contributed by atoms with Crippen LogP contribution in [-0.4, -0.2) is 31.3 Å². The Morgan fingerprint density at radius 3 is 2.48 bits per heavy atom. The Morgan fingerprint density at radius 1 is 1.07 bits per heavy atom. The second kappa shape index (κ2) is 11.0. The molecule has 2 aromatic rings. The summed E-state index contributed by atoms with van der Waals surface area (Å²) in [5, 5.41) is 6.64. The van der Waals surface area contributed by atoms with Gasteiger partial charge in [0.1, 0.15) is 11.5 Å². The molecule has 144 valence electrons. The smallest absolute Gasteiger partial charge is 0.305 e. The van der Waals surface area contributed by atoms with Crippen molar-refractivity contribution < 1.29 is 19.0 Å². The highest BCUT2D eigenvalue weighted by molar-refractivity contribution is 7.80. The molecule has 0 bridgehead atoms. The molecule has 2 rings (SSSR count). The highest BCUT2D eigenvalue weighted by Gasteiger charge is 2.07. The quantitative estimate of drug-likeness (QED) is 0.380. The topological polar surface area (TPSA) is 68.8 Å². The van der Waals surface area contributed by atoms with E-state index >= 15 is 0 Å². The molecule has 0 heterocycles. The number of benzene rings is 2. The van der Waals surface area contributed by atoms with Crippen LogP contribution >= 0.6 is 12.2 Å². The highest BCUT2D eigenvalue weighted by atomic mass is 32.1. The molecule has 0 spiro atoms. The molecule has 0 aliphatic rings. The molecule has 0 unspecified atom stereocenters. The van der Waals surface area contributed by atoms with E-state index in [0.29, 0.717) is 42.6 Å². The van der Waals surface area contributed by atoms with Gasteiger partial charge in [0.15, 0.2) is 10.9 Å². The number of thiocarbonyl (C=S) groups is 1.